The highest BCUT2D eigenvalue weighted by molar-refractivity contribution is 5.74. The largest absolute Gasteiger partial charge is 0.494 e. The molecule has 4 nitrogen and oxygen atoms in total. The molecule has 114 valence electrons. The second-order valence-corrected chi connectivity index (χ2v) is 5.41. The molecule has 0 amide bonds. The highest BCUT2D eigenvalue weighted by atomic mass is 16.5. The maximum absolute atomic E-state index is 6.34. The van der Waals surface area contributed by atoms with Gasteiger partial charge in [-0.15, -0.1) is 0 Å². The van der Waals surface area contributed by atoms with Crippen LogP contribution in [0.1, 0.15) is 24.9 Å². The monoisotopic (exact) mass is 295 g/mol. The molecule has 0 radical (unpaired) electrons. The van der Waals surface area contributed by atoms with Crippen LogP contribution in [0.2, 0.25) is 0 Å². The molecular formula is C18H21N3O. The number of nitrogens with two attached hydrogens (primary N) is 1. The summed E-state index contributed by atoms with van der Waals surface area (Å²) in [6.45, 7) is 3.54. The number of para-hydroxylation sites is 2. The van der Waals surface area contributed by atoms with E-state index in [9.17, 15) is 0 Å². The van der Waals surface area contributed by atoms with Crippen LogP contribution in [0.5, 0.6) is 5.75 Å². The SMILES string of the molecule is CCCOc1ccc(C(N)Cn2cnc3ccccc32)cc1. The van der Waals surface area contributed by atoms with Gasteiger partial charge in [0.15, 0.2) is 0 Å². The van der Waals surface area contributed by atoms with Crippen molar-refractivity contribution in [3.63, 3.8) is 0 Å². The van der Waals surface area contributed by atoms with Gasteiger partial charge in [-0.2, -0.15) is 0 Å². The Labute approximate surface area is 130 Å². The van der Waals surface area contributed by atoms with E-state index in [4.69, 9.17) is 10.5 Å². The average molecular weight is 295 g/mol. The Hall–Kier alpha value is -2.33. The Morgan fingerprint density at radius 2 is 1.91 bits per heavy atom. The molecule has 1 unspecified atom stereocenters. The zero-order valence-electron chi connectivity index (χ0n) is 12.8. The number of benzene rings is 2. The topological polar surface area (TPSA) is 53.1 Å². The number of hydrogen-bond acceptors (Lipinski definition) is 3. The Morgan fingerprint density at radius 1 is 1.14 bits per heavy atom. The summed E-state index contributed by atoms with van der Waals surface area (Å²) in [5, 5.41) is 0. The fourth-order valence-electron chi connectivity index (χ4n) is 2.50. The van der Waals surface area contributed by atoms with Gasteiger partial charge in [0.2, 0.25) is 0 Å². The zero-order chi connectivity index (χ0) is 15.4. The van der Waals surface area contributed by atoms with E-state index in [2.05, 4.69) is 22.5 Å². The summed E-state index contributed by atoms with van der Waals surface area (Å²) in [5.74, 6) is 0.894. The van der Waals surface area contributed by atoms with Gasteiger partial charge in [0.25, 0.3) is 0 Å². The van der Waals surface area contributed by atoms with Crippen molar-refractivity contribution < 1.29 is 4.74 Å². The Morgan fingerprint density at radius 3 is 2.68 bits per heavy atom. The lowest BCUT2D eigenvalue weighted by Crippen LogP contribution is -2.17. The van der Waals surface area contributed by atoms with E-state index in [1.54, 1.807) is 0 Å². The van der Waals surface area contributed by atoms with Crippen LogP contribution in [0.25, 0.3) is 11.0 Å². The Balaban J connectivity index is 1.72. The van der Waals surface area contributed by atoms with Crippen LogP contribution < -0.4 is 10.5 Å². The average Bonchev–Trinajstić information content (AvgIpc) is 2.96. The van der Waals surface area contributed by atoms with E-state index in [0.717, 1.165) is 35.4 Å². The molecule has 1 aromatic heterocycles. The van der Waals surface area contributed by atoms with Gasteiger partial charge in [0.05, 0.1) is 24.0 Å². The summed E-state index contributed by atoms with van der Waals surface area (Å²) >= 11 is 0. The molecule has 1 heterocycles. The van der Waals surface area contributed by atoms with Crippen molar-refractivity contribution in [2.75, 3.05) is 6.61 Å². The first-order valence-corrected chi connectivity index (χ1v) is 7.66. The fraction of sp³-hybridized carbons (Fsp3) is 0.278. The highest BCUT2D eigenvalue weighted by Gasteiger charge is 2.09. The first kappa shape index (κ1) is 14.6. The molecule has 3 rings (SSSR count). The fourth-order valence-corrected chi connectivity index (χ4v) is 2.50. The van der Waals surface area contributed by atoms with Crippen molar-refractivity contribution in [3.8, 4) is 5.75 Å². The van der Waals surface area contributed by atoms with Crippen molar-refractivity contribution in [2.45, 2.75) is 25.9 Å². The van der Waals surface area contributed by atoms with E-state index in [-0.39, 0.29) is 6.04 Å². The smallest absolute Gasteiger partial charge is 0.119 e. The summed E-state index contributed by atoms with van der Waals surface area (Å²) < 4.78 is 7.70. The second kappa shape index (κ2) is 6.62. The van der Waals surface area contributed by atoms with Crippen LogP contribution in [0.3, 0.4) is 0 Å². The Bertz CT molecular complexity index is 733. The third-order valence-electron chi connectivity index (χ3n) is 3.70. The number of hydrogen-bond donors (Lipinski definition) is 1. The van der Waals surface area contributed by atoms with E-state index < -0.39 is 0 Å². The molecule has 2 aromatic carbocycles. The maximum Gasteiger partial charge on any atom is 0.119 e. The standard InChI is InChI=1S/C18H21N3O/c1-2-11-22-15-9-7-14(8-10-15)16(19)12-21-13-20-17-5-3-4-6-18(17)21/h3-10,13,16H,2,11-12,19H2,1H3. The van der Waals surface area contributed by atoms with Crippen LogP contribution in [-0.4, -0.2) is 16.2 Å². The number of rotatable bonds is 6. The molecule has 0 aliphatic heterocycles. The lowest BCUT2D eigenvalue weighted by Gasteiger charge is -2.14. The minimum atomic E-state index is -0.0715. The molecular weight excluding hydrogens is 274 g/mol. The van der Waals surface area contributed by atoms with E-state index >= 15 is 0 Å². The molecule has 0 aliphatic rings. The summed E-state index contributed by atoms with van der Waals surface area (Å²) in [7, 11) is 0. The minimum absolute atomic E-state index is 0.0715. The predicted molar refractivity (Wildman–Crippen MR) is 88.9 cm³/mol. The summed E-state index contributed by atoms with van der Waals surface area (Å²) in [4.78, 5) is 4.40. The van der Waals surface area contributed by atoms with E-state index in [1.807, 2.05) is 48.8 Å². The molecule has 0 aliphatic carbocycles. The van der Waals surface area contributed by atoms with Gasteiger partial charge in [-0.05, 0) is 36.2 Å². The first-order chi connectivity index (χ1) is 10.8. The maximum atomic E-state index is 6.34. The lowest BCUT2D eigenvalue weighted by molar-refractivity contribution is 0.317. The van der Waals surface area contributed by atoms with E-state index in [1.165, 1.54) is 0 Å². The molecule has 0 fully saturated rings. The molecule has 4 heteroatoms. The van der Waals surface area contributed by atoms with Gasteiger partial charge in [0.1, 0.15) is 5.75 Å². The van der Waals surface area contributed by atoms with Crippen LogP contribution in [0.4, 0.5) is 0 Å². The molecule has 0 bridgehead atoms. The van der Waals surface area contributed by atoms with Crippen LogP contribution in [0, 0.1) is 0 Å². The van der Waals surface area contributed by atoms with Gasteiger partial charge in [-0.3, -0.25) is 0 Å². The first-order valence-electron chi connectivity index (χ1n) is 7.66. The lowest BCUT2D eigenvalue weighted by atomic mass is 10.1. The van der Waals surface area contributed by atoms with Gasteiger partial charge in [0, 0.05) is 12.6 Å². The number of imidazole rings is 1. The quantitative estimate of drug-likeness (QED) is 0.757. The van der Waals surface area contributed by atoms with Gasteiger partial charge in [-0.25, -0.2) is 4.98 Å². The highest BCUT2D eigenvalue weighted by Crippen LogP contribution is 2.20. The number of fused-ring (bicyclic) bond motifs is 1. The predicted octanol–water partition coefficient (Wildman–Crippen LogP) is 3.53. The van der Waals surface area contributed by atoms with Crippen molar-refractivity contribution in [2.24, 2.45) is 5.73 Å². The normalized spacial score (nSPS) is 12.5. The van der Waals surface area contributed by atoms with Crippen molar-refractivity contribution in [1.82, 2.24) is 9.55 Å². The van der Waals surface area contributed by atoms with Crippen molar-refractivity contribution >= 4 is 11.0 Å². The van der Waals surface area contributed by atoms with Crippen LogP contribution in [-0.2, 0) is 6.54 Å². The molecule has 1 atom stereocenters. The third kappa shape index (κ3) is 3.12. The summed E-state index contributed by atoms with van der Waals surface area (Å²) in [5.41, 5.74) is 9.55. The van der Waals surface area contributed by atoms with Gasteiger partial charge >= 0.3 is 0 Å². The summed E-state index contributed by atoms with van der Waals surface area (Å²) in [6.07, 6.45) is 2.86. The molecule has 0 saturated carbocycles. The number of aromatic nitrogens is 2. The Kier molecular flexibility index (Phi) is 4.39. The molecule has 2 N–H and O–H groups in total. The minimum Gasteiger partial charge on any atom is -0.494 e. The summed E-state index contributed by atoms with van der Waals surface area (Å²) in [6, 6.07) is 16.1. The molecule has 0 spiro atoms. The van der Waals surface area contributed by atoms with Crippen LogP contribution >= 0.6 is 0 Å². The van der Waals surface area contributed by atoms with Crippen molar-refractivity contribution in [3.05, 3.63) is 60.4 Å². The molecule has 3 aromatic rings. The number of nitrogens with zero attached hydrogens (tertiary/aromatic N) is 2. The second-order valence-electron chi connectivity index (χ2n) is 5.41. The van der Waals surface area contributed by atoms with Gasteiger partial charge < -0.3 is 15.0 Å². The van der Waals surface area contributed by atoms with Crippen LogP contribution in [0.15, 0.2) is 54.9 Å². The third-order valence-corrected chi connectivity index (χ3v) is 3.70. The molecule has 22 heavy (non-hydrogen) atoms. The van der Waals surface area contributed by atoms with Crippen molar-refractivity contribution in [1.29, 1.82) is 0 Å². The van der Waals surface area contributed by atoms with E-state index in [0.29, 0.717) is 6.54 Å². The van der Waals surface area contributed by atoms with Gasteiger partial charge in [-0.1, -0.05) is 31.2 Å². The zero-order valence-corrected chi connectivity index (χ0v) is 12.8. The molecule has 0 saturated heterocycles. The number of ether oxygens (including phenoxy) is 1.